The van der Waals surface area contributed by atoms with E-state index in [2.05, 4.69) is 41.3 Å². The van der Waals surface area contributed by atoms with Crippen molar-refractivity contribution in [2.24, 2.45) is 0 Å². The standard InChI is InChI=1S/C22H20ClN3OS/c1-13-7-3-4-8-15(13)14(2)24-11-19-25-21(27)20-17(12-28-22(20)26-19)16-9-5-6-10-18(16)23/h3-10,12,14,24H,11H2,1-2H3,(H,25,26,27)/t14-/m0/s1. The molecule has 0 aliphatic rings. The van der Waals surface area contributed by atoms with Gasteiger partial charge in [-0.3, -0.25) is 4.79 Å². The van der Waals surface area contributed by atoms with Crippen molar-refractivity contribution in [2.45, 2.75) is 26.4 Å². The van der Waals surface area contributed by atoms with Gasteiger partial charge in [-0.05, 0) is 31.0 Å². The van der Waals surface area contributed by atoms with Crippen molar-refractivity contribution < 1.29 is 0 Å². The molecule has 0 bridgehead atoms. The van der Waals surface area contributed by atoms with Gasteiger partial charge < -0.3 is 10.3 Å². The number of aromatic amines is 1. The van der Waals surface area contributed by atoms with Gasteiger partial charge in [0.1, 0.15) is 10.7 Å². The molecular weight excluding hydrogens is 390 g/mol. The average molecular weight is 410 g/mol. The number of benzene rings is 2. The van der Waals surface area contributed by atoms with E-state index in [-0.39, 0.29) is 11.6 Å². The molecule has 0 amide bonds. The molecule has 6 heteroatoms. The van der Waals surface area contributed by atoms with Crippen molar-refractivity contribution in [3.8, 4) is 11.1 Å². The second-order valence-corrected chi connectivity index (χ2v) is 8.05. The van der Waals surface area contributed by atoms with Crippen molar-refractivity contribution >= 4 is 33.2 Å². The average Bonchev–Trinajstić information content (AvgIpc) is 3.11. The highest BCUT2D eigenvalue weighted by molar-refractivity contribution is 7.17. The summed E-state index contributed by atoms with van der Waals surface area (Å²) in [6, 6.07) is 16.0. The normalized spacial score (nSPS) is 12.4. The van der Waals surface area contributed by atoms with Gasteiger partial charge in [-0.2, -0.15) is 0 Å². The highest BCUT2D eigenvalue weighted by Gasteiger charge is 2.15. The lowest BCUT2D eigenvalue weighted by Gasteiger charge is -2.16. The summed E-state index contributed by atoms with van der Waals surface area (Å²) in [5, 5.41) is 6.61. The monoisotopic (exact) mass is 409 g/mol. The number of aryl methyl sites for hydroxylation is 1. The Balaban J connectivity index is 1.62. The van der Waals surface area contributed by atoms with Crippen LogP contribution in [0.25, 0.3) is 21.3 Å². The number of hydrogen-bond acceptors (Lipinski definition) is 4. The van der Waals surface area contributed by atoms with E-state index in [0.717, 1.165) is 16.0 Å². The van der Waals surface area contributed by atoms with Crippen molar-refractivity contribution in [1.29, 1.82) is 0 Å². The Morgan fingerprint density at radius 1 is 1.14 bits per heavy atom. The van der Waals surface area contributed by atoms with Gasteiger partial charge in [0.15, 0.2) is 0 Å². The van der Waals surface area contributed by atoms with E-state index in [4.69, 9.17) is 11.6 Å². The molecule has 4 aromatic rings. The predicted molar refractivity (Wildman–Crippen MR) is 117 cm³/mol. The SMILES string of the molecule is Cc1ccccc1[C@H](C)NCc1nc2scc(-c3ccccc3Cl)c2c(=O)[nH]1. The molecule has 0 fully saturated rings. The fourth-order valence-electron chi connectivity index (χ4n) is 3.39. The molecule has 2 aromatic heterocycles. The highest BCUT2D eigenvalue weighted by Crippen LogP contribution is 2.34. The Kier molecular flexibility index (Phi) is 5.31. The number of nitrogens with zero attached hydrogens (tertiary/aromatic N) is 1. The summed E-state index contributed by atoms with van der Waals surface area (Å²) in [5.41, 5.74) is 4.01. The first kappa shape index (κ1) is 18.9. The van der Waals surface area contributed by atoms with E-state index >= 15 is 0 Å². The Morgan fingerprint density at radius 3 is 2.68 bits per heavy atom. The van der Waals surface area contributed by atoms with E-state index in [1.807, 2.05) is 41.8 Å². The zero-order valence-electron chi connectivity index (χ0n) is 15.6. The van der Waals surface area contributed by atoms with Crippen LogP contribution in [0.2, 0.25) is 5.02 Å². The van der Waals surface area contributed by atoms with E-state index in [1.165, 1.54) is 22.5 Å². The molecule has 28 heavy (non-hydrogen) atoms. The predicted octanol–water partition coefficient (Wildman–Crippen LogP) is 5.46. The summed E-state index contributed by atoms with van der Waals surface area (Å²) < 4.78 is 0. The second kappa shape index (κ2) is 7.87. The molecule has 4 nitrogen and oxygen atoms in total. The maximum absolute atomic E-state index is 12.8. The van der Waals surface area contributed by atoms with Crippen LogP contribution in [-0.2, 0) is 6.54 Å². The van der Waals surface area contributed by atoms with Gasteiger partial charge in [0.25, 0.3) is 5.56 Å². The Bertz CT molecular complexity index is 1200. The maximum atomic E-state index is 12.8. The molecule has 0 saturated carbocycles. The van der Waals surface area contributed by atoms with Crippen LogP contribution in [0.3, 0.4) is 0 Å². The molecular formula is C22H20ClN3OS. The highest BCUT2D eigenvalue weighted by atomic mass is 35.5. The molecule has 2 heterocycles. The fourth-order valence-corrected chi connectivity index (χ4v) is 4.58. The summed E-state index contributed by atoms with van der Waals surface area (Å²) in [6.07, 6.45) is 0. The summed E-state index contributed by atoms with van der Waals surface area (Å²) in [7, 11) is 0. The van der Waals surface area contributed by atoms with E-state index in [1.54, 1.807) is 0 Å². The number of H-pyrrole nitrogens is 1. The van der Waals surface area contributed by atoms with E-state index in [9.17, 15) is 4.79 Å². The first-order chi connectivity index (χ1) is 13.5. The molecule has 0 aliphatic heterocycles. The van der Waals surface area contributed by atoms with Crippen LogP contribution < -0.4 is 10.9 Å². The van der Waals surface area contributed by atoms with Gasteiger partial charge >= 0.3 is 0 Å². The zero-order chi connectivity index (χ0) is 19.7. The number of aromatic nitrogens is 2. The third-order valence-corrected chi connectivity index (χ3v) is 6.09. The fraction of sp³-hybridized carbons (Fsp3) is 0.182. The van der Waals surface area contributed by atoms with E-state index < -0.39 is 0 Å². The first-order valence-electron chi connectivity index (χ1n) is 9.09. The third kappa shape index (κ3) is 3.61. The van der Waals surface area contributed by atoms with Gasteiger partial charge in [0.05, 0.1) is 11.9 Å². The number of hydrogen-bond donors (Lipinski definition) is 2. The van der Waals surface area contributed by atoms with Crippen LogP contribution in [0.15, 0.2) is 58.7 Å². The van der Waals surface area contributed by atoms with E-state index in [0.29, 0.717) is 22.8 Å². The summed E-state index contributed by atoms with van der Waals surface area (Å²) >= 11 is 7.78. The number of thiophene rings is 1. The van der Waals surface area contributed by atoms with Crippen molar-refractivity contribution in [3.63, 3.8) is 0 Å². The lowest BCUT2D eigenvalue weighted by molar-refractivity contribution is 0.557. The lowest BCUT2D eigenvalue weighted by atomic mass is 10.0. The molecule has 0 spiro atoms. The molecule has 0 radical (unpaired) electrons. The van der Waals surface area contributed by atoms with Gasteiger partial charge in [0.2, 0.25) is 0 Å². The third-order valence-electron chi connectivity index (χ3n) is 4.89. The first-order valence-corrected chi connectivity index (χ1v) is 10.3. The van der Waals surface area contributed by atoms with Crippen molar-refractivity contribution in [1.82, 2.24) is 15.3 Å². The summed E-state index contributed by atoms with van der Waals surface area (Å²) in [6.45, 7) is 4.70. The van der Waals surface area contributed by atoms with Gasteiger partial charge in [-0.15, -0.1) is 11.3 Å². The quantitative estimate of drug-likeness (QED) is 0.460. The Labute approximate surface area is 172 Å². The molecule has 0 aliphatic carbocycles. The largest absolute Gasteiger partial charge is 0.309 e. The minimum Gasteiger partial charge on any atom is -0.309 e. The molecule has 142 valence electrons. The number of halogens is 1. The zero-order valence-corrected chi connectivity index (χ0v) is 17.2. The summed E-state index contributed by atoms with van der Waals surface area (Å²) in [4.78, 5) is 21.1. The molecule has 2 aromatic carbocycles. The topological polar surface area (TPSA) is 57.8 Å². The van der Waals surface area contributed by atoms with Crippen LogP contribution in [0, 0.1) is 6.92 Å². The second-order valence-electron chi connectivity index (χ2n) is 6.78. The maximum Gasteiger partial charge on any atom is 0.260 e. The minimum absolute atomic E-state index is 0.137. The minimum atomic E-state index is -0.137. The van der Waals surface area contributed by atoms with Crippen LogP contribution in [0.1, 0.15) is 29.9 Å². The summed E-state index contributed by atoms with van der Waals surface area (Å²) in [5.74, 6) is 0.630. The van der Waals surface area contributed by atoms with Crippen molar-refractivity contribution in [2.75, 3.05) is 0 Å². The molecule has 0 unspecified atom stereocenters. The van der Waals surface area contributed by atoms with Gasteiger partial charge in [-0.25, -0.2) is 4.98 Å². The molecule has 4 rings (SSSR count). The number of rotatable bonds is 5. The lowest BCUT2D eigenvalue weighted by Crippen LogP contribution is -2.22. The van der Waals surface area contributed by atoms with Crippen LogP contribution in [0.5, 0.6) is 0 Å². The number of nitrogens with one attached hydrogen (secondary N) is 2. The van der Waals surface area contributed by atoms with Crippen LogP contribution >= 0.6 is 22.9 Å². The van der Waals surface area contributed by atoms with Gasteiger partial charge in [-0.1, -0.05) is 54.1 Å². The van der Waals surface area contributed by atoms with Gasteiger partial charge in [0, 0.05) is 27.6 Å². The Morgan fingerprint density at radius 2 is 1.89 bits per heavy atom. The van der Waals surface area contributed by atoms with Crippen LogP contribution in [-0.4, -0.2) is 9.97 Å². The van der Waals surface area contributed by atoms with Crippen LogP contribution in [0.4, 0.5) is 0 Å². The number of fused-ring (bicyclic) bond motifs is 1. The molecule has 1 atom stereocenters. The smallest absolute Gasteiger partial charge is 0.260 e. The Hall–Kier alpha value is -2.47. The molecule has 2 N–H and O–H groups in total. The van der Waals surface area contributed by atoms with Crippen molar-refractivity contribution in [3.05, 3.63) is 86.2 Å². The molecule has 0 saturated heterocycles.